The van der Waals surface area contributed by atoms with Crippen LogP contribution in [0, 0.1) is 0 Å². The summed E-state index contributed by atoms with van der Waals surface area (Å²) in [7, 11) is 1.40. The molecule has 0 bridgehead atoms. The van der Waals surface area contributed by atoms with Crippen LogP contribution in [0.4, 0.5) is 10.6 Å². The molecule has 42 heavy (non-hydrogen) atoms. The number of esters is 1. The second-order valence-corrected chi connectivity index (χ2v) is 13.5. The van der Waals surface area contributed by atoms with Gasteiger partial charge in [-0.1, -0.05) is 0 Å². The van der Waals surface area contributed by atoms with Gasteiger partial charge in [0.15, 0.2) is 23.5 Å². The van der Waals surface area contributed by atoms with Gasteiger partial charge in [0.05, 0.1) is 19.5 Å². The highest BCUT2D eigenvalue weighted by Crippen LogP contribution is 2.45. The fourth-order valence-electron chi connectivity index (χ4n) is 5.70. The Kier molecular flexibility index (Phi) is 8.86. The summed E-state index contributed by atoms with van der Waals surface area (Å²) in [6.45, 7) is 10.8. The SMILES string of the molecule is COC(=O)[C@H]1C[C@H](SC[C@H]2O[C@@H](n3cnc4c(N)ncnc43)[C@@H]3OC(C)(C)O[C@@H]32)CCN1CCNC(=O)OC(C)(C)C. The summed E-state index contributed by atoms with van der Waals surface area (Å²) in [4.78, 5) is 39.6. The number of nitrogens with two attached hydrogens (primary N) is 1. The van der Waals surface area contributed by atoms with E-state index in [2.05, 4.69) is 25.2 Å². The molecule has 2 aromatic rings. The summed E-state index contributed by atoms with van der Waals surface area (Å²) in [5, 5.41) is 2.98. The van der Waals surface area contributed by atoms with E-state index in [1.165, 1.54) is 13.4 Å². The van der Waals surface area contributed by atoms with Gasteiger partial charge in [0.1, 0.15) is 35.7 Å². The lowest BCUT2D eigenvalue weighted by Crippen LogP contribution is -2.51. The number of nitrogens with zero attached hydrogens (tertiary/aromatic N) is 5. The van der Waals surface area contributed by atoms with Crippen LogP contribution >= 0.6 is 11.8 Å². The lowest BCUT2D eigenvalue weighted by Gasteiger charge is -2.38. The Bertz CT molecular complexity index is 1290. The van der Waals surface area contributed by atoms with Crippen LogP contribution in [0.15, 0.2) is 12.7 Å². The smallest absolute Gasteiger partial charge is 0.407 e. The molecule has 3 saturated heterocycles. The topological polar surface area (TPSA) is 165 Å². The van der Waals surface area contributed by atoms with Crippen molar-refractivity contribution in [2.45, 2.75) is 94.7 Å². The van der Waals surface area contributed by atoms with E-state index >= 15 is 0 Å². The number of hydrogen-bond donors (Lipinski definition) is 2. The molecule has 1 amide bonds. The molecule has 0 radical (unpaired) electrons. The van der Waals surface area contributed by atoms with Gasteiger partial charge in [-0.3, -0.25) is 14.3 Å². The number of alkyl carbamates (subject to hydrolysis) is 1. The Hall–Kier alpha value is -2.72. The zero-order chi connectivity index (χ0) is 30.2. The third-order valence-electron chi connectivity index (χ3n) is 7.49. The van der Waals surface area contributed by atoms with Gasteiger partial charge in [-0.2, -0.15) is 11.8 Å². The molecule has 232 valence electrons. The maximum Gasteiger partial charge on any atom is 0.407 e. The van der Waals surface area contributed by atoms with Crippen molar-refractivity contribution in [3.63, 3.8) is 0 Å². The van der Waals surface area contributed by atoms with Crippen LogP contribution in [-0.2, 0) is 28.5 Å². The summed E-state index contributed by atoms with van der Waals surface area (Å²) in [6.07, 6.45) is 2.68. The van der Waals surface area contributed by atoms with Crippen molar-refractivity contribution in [3.05, 3.63) is 12.7 Å². The van der Waals surface area contributed by atoms with Gasteiger partial charge in [-0.05, 0) is 47.5 Å². The molecule has 3 fully saturated rings. The molecular weight excluding hydrogens is 566 g/mol. The van der Waals surface area contributed by atoms with Crippen molar-refractivity contribution in [1.29, 1.82) is 0 Å². The van der Waals surface area contributed by atoms with Gasteiger partial charge in [0, 0.05) is 30.6 Å². The highest BCUT2D eigenvalue weighted by Gasteiger charge is 2.56. The first kappa shape index (κ1) is 30.7. The van der Waals surface area contributed by atoms with Crippen LogP contribution < -0.4 is 11.1 Å². The minimum atomic E-state index is -0.765. The number of fused-ring (bicyclic) bond motifs is 2. The van der Waals surface area contributed by atoms with E-state index in [1.54, 1.807) is 18.1 Å². The van der Waals surface area contributed by atoms with E-state index in [0.29, 0.717) is 48.8 Å². The van der Waals surface area contributed by atoms with Crippen LogP contribution in [-0.4, -0.2) is 110 Å². The highest BCUT2D eigenvalue weighted by atomic mass is 32.2. The normalized spacial score (nSPS) is 29.4. The molecule has 5 rings (SSSR count). The number of piperidine rings is 1. The fourth-order valence-corrected chi connectivity index (χ4v) is 7.02. The molecule has 0 spiro atoms. The summed E-state index contributed by atoms with van der Waals surface area (Å²) >= 11 is 1.76. The Labute approximate surface area is 249 Å². The summed E-state index contributed by atoms with van der Waals surface area (Å²) in [6, 6.07) is -0.404. The van der Waals surface area contributed by atoms with Crippen LogP contribution in [0.2, 0.25) is 0 Å². The molecule has 0 aromatic carbocycles. The lowest BCUT2D eigenvalue weighted by molar-refractivity contribution is -0.193. The predicted octanol–water partition coefficient (Wildman–Crippen LogP) is 2.09. The molecule has 14 nitrogen and oxygen atoms in total. The number of anilines is 1. The van der Waals surface area contributed by atoms with E-state index in [9.17, 15) is 9.59 Å². The van der Waals surface area contributed by atoms with E-state index in [4.69, 9.17) is 29.4 Å². The number of ether oxygens (including phenoxy) is 5. The number of methoxy groups -OCH3 is 1. The first-order chi connectivity index (χ1) is 19.8. The van der Waals surface area contributed by atoms with Crippen LogP contribution in [0.25, 0.3) is 11.2 Å². The first-order valence-corrected chi connectivity index (χ1v) is 15.2. The van der Waals surface area contributed by atoms with Crippen LogP contribution in [0.3, 0.4) is 0 Å². The molecule has 5 heterocycles. The fraction of sp³-hybridized carbons (Fsp3) is 0.741. The molecule has 2 aromatic heterocycles. The Balaban J connectivity index is 1.20. The number of nitrogens with one attached hydrogen (secondary N) is 1. The van der Waals surface area contributed by atoms with Crippen molar-refractivity contribution in [3.8, 4) is 0 Å². The summed E-state index contributed by atoms with van der Waals surface area (Å²) in [5.74, 6) is -0.0901. The van der Waals surface area contributed by atoms with Crippen molar-refractivity contribution in [2.75, 3.05) is 38.2 Å². The van der Waals surface area contributed by atoms with E-state index in [0.717, 1.165) is 6.42 Å². The third-order valence-corrected chi connectivity index (χ3v) is 8.91. The maximum atomic E-state index is 12.7. The molecule has 3 N–H and O–H groups in total. The third kappa shape index (κ3) is 6.75. The zero-order valence-electron chi connectivity index (χ0n) is 24.9. The van der Waals surface area contributed by atoms with Gasteiger partial charge in [-0.25, -0.2) is 19.7 Å². The minimum Gasteiger partial charge on any atom is -0.468 e. The van der Waals surface area contributed by atoms with Gasteiger partial charge >= 0.3 is 12.1 Å². The predicted molar refractivity (Wildman–Crippen MR) is 155 cm³/mol. The number of likely N-dealkylation sites (tertiary alicyclic amines) is 1. The second-order valence-electron chi connectivity index (χ2n) is 12.2. The molecule has 3 aliphatic rings. The van der Waals surface area contributed by atoms with E-state index < -0.39 is 29.8 Å². The molecule has 3 aliphatic heterocycles. The number of aromatic nitrogens is 4. The average Bonchev–Trinajstić information content (AvgIpc) is 3.57. The molecule has 0 unspecified atom stereocenters. The molecule has 6 atom stereocenters. The largest absolute Gasteiger partial charge is 0.468 e. The number of rotatable bonds is 8. The standard InChI is InChI=1S/C27H41N7O7S/c1-26(2,3)41-25(36)29-8-10-33-9-7-15(11-16(33)24(35)37-6)42-12-17-19-20(40-27(4,5)39-19)23(38-17)34-14-32-18-21(28)30-13-31-22(18)34/h13-17,19-20,23H,7-12H2,1-6H3,(H,29,36)(H2,28,30,31)/t15-,16-,17-,19-,20-,23-/m1/s1. The molecule has 0 saturated carbocycles. The lowest BCUT2D eigenvalue weighted by atomic mass is 10.0. The van der Waals surface area contributed by atoms with Crippen LogP contribution in [0.5, 0.6) is 0 Å². The van der Waals surface area contributed by atoms with Crippen LogP contribution in [0.1, 0.15) is 53.7 Å². The van der Waals surface area contributed by atoms with E-state index in [1.807, 2.05) is 39.2 Å². The maximum absolute atomic E-state index is 12.7. The zero-order valence-corrected chi connectivity index (χ0v) is 25.8. The highest BCUT2D eigenvalue weighted by molar-refractivity contribution is 7.99. The summed E-state index contributed by atoms with van der Waals surface area (Å²) in [5.41, 5.74) is 6.51. The number of thioether (sulfide) groups is 1. The van der Waals surface area contributed by atoms with Crippen molar-refractivity contribution in [2.24, 2.45) is 0 Å². The minimum absolute atomic E-state index is 0.210. The van der Waals surface area contributed by atoms with Gasteiger partial charge in [-0.15, -0.1) is 0 Å². The summed E-state index contributed by atoms with van der Waals surface area (Å²) < 4.78 is 31.4. The number of amides is 1. The number of carbonyl (C=O) groups excluding carboxylic acids is 2. The number of carbonyl (C=O) groups is 2. The van der Waals surface area contributed by atoms with Crippen molar-refractivity contribution >= 4 is 40.8 Å². The monoisotopic (exact) mass is 607 g/mol. The Morgan fingerprint density at radius 1 is 1.21 bits per heavy atom. The van der Waals surface area contributed by atoms with E-state index in [-0.39, 0.29) is 29.5 Å². The molecule has 0 aliphatic carbocycles. The Morgan fingerprint density at radius 2 is 1.98 bits per heavy atom. The van der Waals surface area contributed by atoms with Gasteiger partial charge in [0.2, 0.25) is 0 Å². The molecule has 15 heteroatoms. The number of nitrogen functional groups attached to an aromatic ring is 1. The van der Waals surface area contributed by atoms with Crippen molar-refractivity contribution < 1.29 is 33.3 Å². The number of imidazole rings is 1. The number of hydrogen-bond acceptors (Lipinski definition) is 13. The first-order valence-electron chi connectivity index (χ1n) is 14.2. The molecular formula is C27H41N7O7S. The van der Waals surface area contributed by atoms with Gasteiger partial charge in [0.25, 0.3) is 0 Å². The second kappa shape index (κ2) is 12.1. The Morgan fingerprint density at radius 3 is 2.71 bits per heavy atom. The van der Waals surface area contributed by atoms with Crippen molar-refractivity contribution in [1.82, 2.24) is 29.7 Å². The van der Waals surface area contributed by atoms with Gasteiger partial charge < -0.3 is 34.7 Å². The quantitative estimate of drug-likeness (QED) is 0.420. The average molecular weight is 608 g/mol.